The highest BCUT2D eigenvalue weighted by molar-refractivity contribution is 6.52. The summed E-state index contributed by atoms with van der Waals surface area (Å²) in [7, 11) is 2.07. The zero-order chi connectivity index (χ0) is 28.9. The first-order valence-corrected chi connectivity index (χ1v) is 13.6. The number of hydrogen-bond acceptors (Lipinski definition) is 5. The van der Waals surface area contributed by atoms with Crippen LogP contribution in [0.15, 0.2) is 66.9 Å². The fraction of sp³-hybridized carbons (Fsp3) is 0.219. The van der Waals surface area contributed by atoms with Crippen LogP contribution in [0.1, 0.15) is 27.2 Å². The SMILES string of the molecule is C[B]c1ccc2[nH]cc(-c3nc4c5cc(NC(=O)[C@@H](N)CC(=O)OC(C)(C)C)ccc5c5ccccc5c4[nH]3)c2c1. The molecule has 9 heteroatoms. The zero-order valence-corrected chi connectivity index (χ0v) is 23.5. The van der Waals surface area contributed by atoms with E-state index in [-0.39, 0.29) is 6.42 Å². The highest BCUT2D eigenvalue weighted by atomic mass is 16.6. The average molecular weight is 544 g/mol. The molecule has 1 radical (unpaired) electrons. The lowest BCUT2D eigenvalue weighted by atomic mass is 9.73. The Bertz CT molecular complexity index is 1970. The summed E-state index contributed by atoms with van der Waals surface area (Å²) in [6.45, 7) is 7.34. The molecule has 0 aliphatic carbocycles. The quantitative estimate of drug-likeness (QED) is 0.127. The van der Waals surface area contributed by atoms with Crippen LogP contribution in [-0.2, 0) is 14.3 Å². The first kappa shape index (κ1) is 26.6. The molecule has 6 aromatic rings. The lowest BCUT2D eigenvalue weighted by Gasteiger charge is -2.20. The van der Waals surface area contributed by atoms with E-state index in [1.807, 2.05) is 43.4 Å². The van der Waals surface area contributed by atoms with Gasteiger partial charge in [0.2, 0.25) is 5.91 Å². The standard InChI is InChI=1S/C32H31BN5O3/c1-32(2,3)41-27(39)15-25(34)31(40)36-18-10-11-20-19-7-5-6-8-21(19)28-29(23(20)14-18)38-30(37-28)24-16-35-26-12-9-17(33-4)13-22(24)26/h5-14,16,25,35H,15,34H2,1-4H3,(H,36,40)(H,37,38)/t25-/m0/s1. The van der Waals surface area contributed by atoms with Crippen molar-refractivity contribution in [1.82, 2.24) is 15.0 Å². The summed E-state index contributed by atoms with van der Waals surface area (Å²) in [6, 6.07) is 19.2. The van der Waals surface area contributed by atoms with E-state index in [0.717, 1.165) is 60.3 Å². The van der Waals surface area contributed by atoms with Gasteiger partial charge in [0.05, 0.1) is 23.5 Å². The summed E-state index contributed by atoms with van der Waals surface area (Å²) in [5, 5.41) is 8.00. The molecule has 8 nitrogen and oxygen atoms in total. The van der Waals surface area contributed by atoms with Gasteiger partial charge in [0.25, 0.3) is 0 Å². The molecular formula is C32H31BN5O3. The van der Waals surface area contributed by atoms with Crippen LogP contribution in [0.3, 0.4) is 0 Å². The van der Waals surface area contributed by atoms with E-state index in [1.165, 1.54) is 0 Å². The van der Waals surface area contributed by atoms with E-state index in [9.17, 15) is 9.59 Å². The second-order valence-electron chi connectivity index (χ2n) is 11.3. The summed E-state index contributed by atoms with van der Waals surface area (Å²) in [5.41, 5.74) is 10.8. The fourth-order valence-corrected chi connectivity index (χ4v) is 5.28. The monoisotopic (exact) mass is 544 g/mol. The number of fused-ring (bicyclic) bond motifs is 7. The molecule has 41 heavy (non-hydrogen) atoms. The van der Waals surface area contributed by atoms with Crippen molar-refractivity contribution in [3.8, 4) is 11.4 Å². The molecule has 0 saturated carbocycles. The molecule has 1 atom stereocenters. The van der Waals surface area contributed by atoms with Gasteiger partial charge in [0.1, 0.15) is 18.7 Å². The first-order valence-electron chi connectivity index (χ1n) is 13.6. The van der Waals surface area contributed by atoms with Crippen LogP contribution in [-0.4, -0.2) is 45.8 Å². The molecule has 4 aromatic carbocycles. The molecule has 205 valence electrons. The number of aromatic amines is 2. The average Bonchev–Trinajstić information content (AvgIpc) is 3.56. The van der Waals surface area contributed by atoms with Crippen LogP contribution in [0.25, 0.3) is 54.9 Å². The maximum absolute atomic E-state index is 12.9. The number of H-pyrrole nitrogens is 2. The Labute approximate surface area is 237 Å². The van der Waals surface area contributed by atoms with E-state index in [2.05, 4.69) is 52.9 Å². The number of amides is 1. The lowest BCUT2D eigenvalue weighted by molar-refractivity contribution is -0.155. The van der Waals surface area contributed by atoms with Crippen molar-refractivity contribution in [1.29, 1.82) is 0 Å². The minimum Gasteiger partial charge on any atom is -0.460 e. The third-order valence-corrected chi connectivity index (χ3v) is 7.17. The number of benzene rings is 4. The number of nitrogens with two attached hydrogens (primary N) is 1. The molecule has 0 unspecified atom stereocenters. The van der Waals surface area contributed by atoms with Gasteiger partial charge in [-0.25, -0.2) is 4.98 Å². The minimum absolute atomic E-state index is 0.212. The van der Waals surface area contributed by atoms with E-state index < -0.39 is 23.5 Å². The topological polar surface area (TPSA) is 126 Å². The highest BCUT2D eigenvalue weighted by Gasteiger charge is 2.23. The van der Waals surface area contributed by atoms with Gasteiger partial charge in [-0.05, 0) is 49.7 Å². The number of ether oxygens (including phenoxy) is 1. The normalized spacial score (nSPS) is 12.7. The third-order valence-electron chi connectivity index (χ3n) is 7.17. The maximum atomic E-state index is 12.9. The van der Waals surface area contributed by atoms with E-state index in [1.54, 1.807) is 20.8 Å². The molecule has 6 rings (SSSR count). The van der Waals surface area contributed by atoms with Gasteiger partial charge in [-0.3, -0.25) is 9.59 Å². The molecule has 2 heterocycles. The number of aromatic nitrogens is 3. The Morgan fingerprint density at radius 2 is 1.76 bits per heavy atom. The molecular weight excluding hydrogens is 513 g/mol. The molecule has 0 aliphatic heterocycles. The largest absolute Gasteiger partial charge is 0.460 e. The summed E-state index contributed by atoms with van der Waals surface area (Å²) in [5.74, 6) is -0.222. The number of nitrogens with zero attached hydrogens (tertiary/aromatic N) is 1. The van der Waals surface area contributed by atoms with Crippen LogP contribution in [0.4, 0.5) is 5.69 Å². The van der Waals surface area contributed by atoms with E-state index in [0.29, 0.717) is 5.69 Å². The van der Waals surface area contributed by atoms with Gasteiger partial charge >= 0.3 is 5.97 Å². The van der Waals surface area contributed by atoms with Gasteiger partial charge in [-0.1, -0.05) is 54.8 Å². The van der Waals surface area contributed by atoms with Crippen LogP contribution in [0.2, 0.25) is 6.82 Å². The highest BCUT2D eigenvalue weighted by Crippen LogP contribution is 2.37. The van der Waals surface area contributed by atoms with Crippen molar-refractivity contribution >= 4 is 73.8 Å². The summed E-state index contributed by atoms with van der Waals surface area (Å²) < 4.78 is 5.31. The number of hydrogen-bond donors (Lipinski definition) is 4. The van der Waals surface area contributed by atoms with Crippen molar-refractivity contribution in [3.05, 3.63) is 66.9 Å². The zero-order valence-electron chi connectivity index (χ0n) is 23.5. The Balaban J connectivity index is 1.42. The number of nitrogens with one attached hydrogen (secondary N) is 3. The number of rotatable bonds is 6. The molecule has 0 saturated heterocycles. The van der Waals surface area contributed by atoms with Gasteiger partial charge in [0, 0.05) is 39.1 Å². The van der Waals surface area contributed by atoms with Crippen LogP contribution in [0, 0.1) is 0 Å². The van der Waals surface area contributed by atoms with Crippen molar-refractivity contribution < 1.29 is 14.3 Å². The number of imidazole rings is 1. The first-order chi connectivity index (χ1) is 19.6. The number of anilines is 1. The van der Waals surface area contributed by atoms with Crippen LogP contribution in [0.5, 0.6) is 0 Å². The summed E-state index contributed by atoms with van der Waals surface area (Å²) >= 11 is 0. The molecule has 0 bridgehead atoms. The number of esters is 1. The Morgan fingerprint density at radius 3 is 2.51 bits per heavy atom. The third kappa shape index (κ3) is 5.05. The Morgan fingerprint density at radius 1 is 1.00 bits per heavy atom. The Hall–Kier alpha value is -4.63. The molecule has 0 spiro atoms. The van der Waals surface area contributed by atoms with Crippen molar-refractivity contribution in [3.63, 3.8) is 0 Å². The van der Waals surface area contributed by atoms with Crippen molar-refractivity contribution in [2.45, 2.75) is 45.7 Å². The number of carbonyl (C=O) groups excluding carboxylic acids is 2. The minimum atomic E-state index is -1.04. The van der Waals surface area contributed by atoms with Crippen molar-refractivity contribution in [2.24, 2.45) is 5.73 Å². The predicted molar refractivity (Wildman–Crippen MR) is 167 cm³/mol. The Kier molecular flexibility index (Phi) is 6.54. The van der Waals surface area contributed by atoms with Crippen molar-refractivity contribution in [2.75, 3.05) is 5.32 Å². The van der Waals surface area contributed by atoms with Crippen LogP contribution >= 0.6 is 0 Å². The van der Waals surface area contributed by atoms with Gasteiger partial charge in [-0.2, -0.15) is 0 Å². The van der Waals surface area contributed by atoms with Crippen LogP contribution < -0.4 is 16.5 Å². The van der Waals surface area contributed by atoms with E-state index >= 15 is 0 Å². The fourth-order valence-electron chi connectivity index (χ4n) is 5.28. The second kappa shape index (κ2) is 10.1. The number of carbonyl (C=O) groups is 2. The summed E-state index contributed by atoms with van der Waals surface area (Å²) in [6.07, 6.45) is 1.76. The van der Waals surface area contributed by atoms with Gasteiger partial charge < -0.3 is 25.8 Å². The predicted octanol–water partition coefficient (Wildman–Crippen LogP) is 5.39. The molecule has 2 aromatic heterocycles. The maximum Gasteiger partial charge on any atom is 0.308 e. The van der Waals surface area contributed by atoms with Gasteiger partial charge in [0.15, 0.2) is 0 Å². The molecule has 1 amide bonds. The lowest BCUT2D eigenvalue weighted by Crippen LogP contribution is -2.39. The molecule has 5 N–H and O–H groups in total. The van der Waals surface area contributed by atoms with Gasteiger partial charge in [-0.15, -0.1) is 0 Å². The molecule has 0 fully saturated rings. The molecule has 0 aliphatic rings. The smallest absolute Gasteiger partial charge is 0.308 e. The second-order valence-corrected chi connectivity index (χ2v) is 11.3. The summed E-state index contributed by atoms with van der Waals surface area (Å²) in [4.78, 5) is 37.1. The van der Waals surface area contributed by atoms with E-state index in [4.69, 9.17) is 15.5 Å².